The van der Waals surface area contributed by atoms with Crippen LogP contribution in [0.5, 0.6) is 5.75 Å². The van der Waals surface area contributed by atoms with Crippen molar-refractivity contribution in [3.63, 3.8) is 0 Å². The van der Waals surface area contributed by atoms with Crippen molar-refractivity contribution in [2.24, 2.45) is 0 Å². The summed E-state index contributed by atoms with van der Waals surface area (Å²) in [5.41, 5.74) is 4.81. The average molecular weight is 467 g/mol. The Bertz CT molecular complexity index is 996. The number of anilines is 1. The molecular weight excluding hydrogens is 424 g/mol. The number of hydrogen-bond acceptors (Lipinski definition) is 3. The molecule has 2 N–H and O–H groups in total. The van der Waals surface area contributed by atoms with Crippen molar-refractivity contribution in [2.75, 3.05) is 19.4 Å². The Morgan fingerprint density at radius 2 is 1.65 bits per heavy atom. The Morgan fingerprint density at radius 1 is 1.03 bits per heavy atom. The van der Waals surface area contributed by atoms with E-state index in [4.69, 9.17) is 0 Å². The highest BCUT2D eigenvalue weighted by Crippen LogP contribution is 2.34. The SMILES string of the molecule is CCCCCC(CC(=O)Nc1cc(C(=O)N(C)C)ccc1C(C)(C)C)c1cc(C)c(O)c(C)c1. The van der Waals surface area contributed by atoms with Crippen LogP contribution in [0.2, 0.25) is 0 Å². The number of phenolic OH excluding ortho intramolecular Hbond substituents is 1. The molecule has 5 nitrogen and oxygen atoms in total. The number of carbonyl (C=O) groups is 2. The van der Waals surface area contributed by atoms with E-state index in [9.17, 15) is 14.7 Å². The van der Waals surface area contributed by atoms with E-state index in [0.717, 1.165) is 47.9 Å². The summed E-state index contributed by atoms with van der Waals surface area (Å²) in [5.74, 6) is 0.222. The first-order chi connectivity index (χ1) is 15.8. The lowest BCUT2D eigenvalue weighted by Gasteiger charge is -2.25. The number of carbonyl (C=O) groups excluding carboxylic acids is 2. The van der Waals surface area contributed by atoms with Crippen LogP contribution < -0.4 is 5.32 Å². The van der Waals surface area contributed by atoms with E-state index in [0.29, 0.717) is 23.4 Å². The van der Waals surface area contributed by atoms with E-state index >= 15 is 0 Å². The van der Waals surface area contributed by atoms with Crippen LogP contribution in [0.25, 0.3) is 0 Å². The predicted molar refractivity (Wildman–Crippen MR) is 141 cm³/mol. The maximum Gasteiger partial charge on any atom is 0.253 e. The molecular formula is C29H42N2O3. The molecule has 34 heavy (non-hydrogen) atoms. The maximum absolute atomic E-state index is 13.3. The van der Waals surface area contributed by atoms with Crippen molar-refractivity contribution in [1.29, 1.82) is 0 Å². The lowest BCUT2D eigenvalue weighted by Crippen LogP contribution is -2.24. The molecule has 2 amide bonds. The molecule has 0 spiro atoms. The van der Waals surface area contributed by atoms with Gasteiger partial charge < -0.3 is 15.3 Å². The smallest absolute Gasteiger partial charge is 0.253 e. The Hall–Kier alpha value is -2.82. The quantitative estimate of drug-likeness (QED) is 0.404. The van der Waals surface area contributed by atoms with Crippen molar-refractivity contribution in [1.82, 2.24) is 4.90 Å². The maximum atomic E-state index is 13.3. The van der Waals surface area contributed by atoms with E-state index in [1.165, 1.54) is 4.90 Å². The second-order valence-electron chi connectivity index (χ2n) is 10.7. The zero-order valence-corrected chi connectivity index (χ0v) is 22.2. The molecule has 0 saturated carbocycles. The van der Waals surface area contributed by atoms with Gasteiger partial charge in [0.1, 0.15) is 5.75 Å². The van der Waals surface area contributed by atoms with Crippen LogP contribution in [0.4, 0.5) is 5.69 Å². The number of amides is 2. The molecule has 0 aliphatic carbocycles. The first kappa shape index (κ1) is 27.4. The Labute approximate surface area is 205 Å². The minimum Gasteiger partial charge on any atom is -0.507 e. The number of benzene rings is 2. The molecule has 0 aromatic heterocycles. The summed E-state index contributed by atoms with van der Waals surface area (Å²) in [4.78, 5) is 27.4. The fraction of sp³-hybridized carbons (Fsp3) is 0.517. The van der Waals surface area contributed by atoms with Gasteiger partial charge in [-0.05, 0) is 66.0 Å². The van der Waals surface area contributed by atoms with Gasteiger partial charge in [0.2, 0.25) is 5.91 Å². The van der Waals surface area contributed by atoms with Gasteiger partial charge in [0, 0.05) is 31.8 Å². The van der Waals surface area contributed by atoms with Gasteiger partial charge in [-0.2, -0.15) is 0 Å². The van der Waals surface area contributed by atoms with Gasteiger partial charge in [-0.3, -0.25) is 9.59 Å². The molecule has 0 saturated heterocycles. The van der Waals surface area contributed by atoms with E-state index in [1.54, 1.807) is 20.2 Å². The molecule has 2 rings (SSSR count). The highest BCUT2D eigenvalue weighted by molar-refractivity contribution is 5.98. The highest BCUT2D eigenvalue weighted by atomic mass is 16.3. The lowest BCUT2D eigenvalue weighted by atomic mass is 9.84. The van der Waals surface area contributed by atoms with E-state index in [-0.39, 0.29) is 23.1 Å². The zero-order chi connectivity index (χ0) is 25.6. The van der Waals surface area contributed by atoms with Crippen LogP contribution in [-0.4, -0.2) is 35.9 Å². The number of unbranched alkanes of at least 4 members (excludes halogenated alkanes) is 2. The third-order valence-corrected chi connectivity index (χ3v) is 6.33. The van der Waals surface area contributed by atoms with Gasteiger partial charge in [-0.25, -0.2) is 0 Å². The van der Waals surface area contributed by atoms with Crippen molar-refractivity contribution < 1.29 is 14.7 Å². The number of hydrogen-bond donors (Lipinski definition) is 2. The summed E-state index contributed by atoms with van der Waals surface area (Å²) in [6.07, 6.45) is 4.55. The van der Waals surface area contributed by atoms with E-state index < -0.39 is 0 Å². The van der Waals surface area contributed by atoms with Crippen molar-refractivity contribution >= 4 is 17.5 Å². The number of phenols is 1. The number of aryl methyl sites for hydroxylation is 2. The Morgan fingerprint density at radius 3 is 2.18 bits per heavy atom. The lowest BCUT2D eigenvalue weighted by molar-refractivity contribution is -0.116. The van der Waals surface area contributed by atoms with Crippen molar-refractivity contribution in [3.05, 3.63) is 58.1 Å². The molecule has 1 unspecified atom stereocenters. The molecule has 1 atom stereocenters. The van der Waals surface area contributed by atoms with E-state index in [2.05, 4.69) is 33.0 Å². The second kappa shape index (κ2) is 11.5. The zero-order valence-electron chi connectivity index (χ0n) is 22.2. The minimum atomic E-state index is -0.186. The van der Waals surface area contributed by atoms with Gasteiger partial charge in [-0.15, -0.1) is 0 Å². The third kappa shape index (κ3) is 7.09. The third-order valence-electron chi connectivity index (χ3n) is 6.33. The molecule has 2 aromatic carbocycles. The van der Waals surface area contributed by atoms with Crippen molar-refractivity contribution in [2.45, 2.75) is 85.0 Å². The summed E-state index contributed by atoms with van der Waals surface area (Å²) in [6, 6.07) is 9.57. The fourth-order valence-electron chi connectivity index (χ4n) is 4.37. The van der Waals surface area contributed by atoms with Crippen LogP contribution >= 0.6 is 0 Å². The predicted octanol–water partition coefficient (Wildman–Crippen LogP) is 6.70. The number of aromatic hydroxyl groups is 1. The first-order valence-corrected chi connectivity index (χ1v) is 12.3. The summed E-state index contributed by atoms with van der Waals surface area (Å²) >= 11 is 0. The summed E-state index contributed by atoms with van der Waals surface area (Å²) < 4.78 is 0. The molecule has 0 fully saturated rings. The number of nitrogens with one attached hydrogen (secondary N) is 1. The molecule has 0 bridgehead atoms. The summed E-state index contributed by atoms with van der Waals surface area (Å²) in [6.45, 7) is 12.3. The molecule has 0 aliphatic heterocycles. The van der Waals surface area contributed by atoms with Crippen LogP contribution in [0, 0.1) is 13.8 Å². The standard InChI is InChI=1S/C29H42N2O3/c1-9-10-11-12-21(23-15-19(2)27(33)20(3)16-23)18-26(32)30-25-17-22(28(34)31(7)8)13-14-24(25)29(4,5)6/h13-17,21,33H,9-12,18H2,1-8H3,(H,30,32). The fourth-order valence-corrected chi connectivity index (χ4v) is 4.37. The highest BCUT2D eigenvalue weighted by Gasteiger charge is 2.23. The van der Waals surface area contributed by atoms with Crippen LogP contribution in [0.15, 0.2) is 30.3 Å². The van der Waals surface area contributed by atoms with Gasteiger partial charge >= 0.3 is 0 Å². The summed E-state index contributed by atoms with van der Waals surface area (Å²) in [7, 11) is 3.45. The number of nitrogens with zero attached hydrogens (tertiary/aromatic N) is 1. The van der Waals surface area contributed by atoms with Crippen LogP contribution in [0.3, 0.4) is 0 Å². The van der Waals surface area contributed by atoms with Gasteiger partial charge in [0.05, 0.1) is 0 Å². The molecule has 186 valence electrons. The first-order valence-electron chi connectivity index (χ1n) is 12.3. The van der Waals surface area contributed by atoms with Crippen LogP contribution in [-0.2, 0) is 10.2 Å². The van der Waals surface area contributed by atoms with Crippen LogP contribution in [0.1, 0.15) is 98.3 Å². The van der Waals surface area contributed by atoms with Gasteiger partial charge in [0.25, 0.3) is 5.91 Å². The normalized spacial score (nSPS) is 12.4. The van der Waals surface area contributed by atoms with E-state index in [1.807, 2.05) is 38.1 Å². The summed E-state index contributed by atoms with van der Waals surface area (Å²) in [5, 5.41) is 13.3. The molecule has 0 radical (unpaired) electrons. The molecule has 0 heterocycles. The average Bonchev–Trinajstić information content (AvgIpc) is 2.75. The Kier molecular flexibility index (Phi) is 9.31. The van der Waals surface area contributed by atoms with Gasteiger partial charge in [0.15, 0.2) is 0 Å². The minimum absolute atomic E-state index is 0.0641. The monoisotopic (exact) mass is 466 g/mol. The molecule has 2 aromatic rings. The second-order valence-corrected chi connectivity index (χ2v) is 10.7. The molecule has 0 aliphatic rings. The van der Waals surface area contributed by atoms with Gasteiger partial charge in [-0.1, -0.05) is 65.2 Å². The largest absolute Gasteiger partial charge is 0.507 e. The Balaban J connectivity index is 2.35. The molecule has 5 heteroatoms. The number of rotatable bonds is 9. The topological polar surface area (TPSA) is 69.6 Å². The van der Waals surface area contributed by atoms with Crippen molar-refractivity contribution in [3.8, 4) is 5.75 Å².